The first-order valence-electron chi connectivity index (χ1n) is 12.9. The number of hydrogen-bond donors (Lipinski definition) is 0. The van der Waals surface area contributed by atoms with Gasteiger partial charge >= 0.3 is 29.6 Å². The van der Waals surface area contributed by atoms with Gasteiger partial charge in [0.05, 0.1) is 5.69 Å². The van der Waals surface area contributed by atoms with Crippen LogP contribution in [0.15, 0.2) is 33.3 Å². The van der Waals surface area contributed by atoms with Gasteiger partial charge in [0.25, 0.3) is 0 Å². The largest absolute Gasteiger partial charge is 1.00 e. The Morgan fingerprint density at radius 1 is 1.16 bits per heavy atom. The number of nitrogens with zero attached hydrogens (tertiary/aromatic N) is 2. The fourth-order valence-corrected chi connectivity index (χ4v) is 4.88. The Balaban J connectivity index is 0.00000400. The zero-order valence-corrected chi connectivity index (χ0v) is 25.7. The molecule has 1 aliphatic carbocycles. The van der Waals surface area contributed by atoms with Crippen molar-refractivity contribution in [3.8, 4) is 11.5 Å². The summed E-state index contributed by atoms with van der Waals surface area (Å²) in [6.07, 6.45) is 4.06. The molecule has 1 aromatic carbocycles. The van der Waals surface area contributed by atoms with Crippen molar-refractivity contribution in [1.29, 1.82) is 0 Å². The van der Waals surface area contributed by atoms with E-state index in [2.05, 4.69) is 31.1 Å². The molecule has 9 heteroatoms. The molecule has 1 saturated carbocycles. The average Bonchev–Trinajstić information content (AvgIpc) is 3.37. The Bertz CT molecular complexity index is 1270. The van der Waals surface area contributed by atoms with Crippen molar-refractivity contribution < 1.29 is 53.3 Å². The smallest absolute Gasteiger partial charge is 0.550 e. The number of hydrogen-bond acceptors (Lipinski definition) is 7. The van der Waals surface area contributed by atoms with Crippen LogP contribution in [0.25, 0.3) is 11.5 Å². The zero-order valence-electron chi connectivity index (χ0n) is 22.9. The molecule has 0 aliphatic heterocycles. The molecular formula is C29H34ClN2NaO5. The minimum absolute atomic E-state index is 0. The van der Waals surface area contributed by atoms with Gasteiger partial charge in [-0.3, -0.25) is 4.79 Å². The van der Waals surface area contributed by atoms with Gasteiger partial charge in [0.15, 0.2) is 11.5 Å². The second-order valence-corrected chi connectivity index (χ2v) is 11.9. The number of carbonyl (C=O) groups is 2. The Labute approximate surface area is 251 Å². The molecule has 0 N–H and O–H groups in total. The van der Waals surface area contributed by atoms with Crippen molar-refractivity contribution in [2.75, 3.05) is 0 Å². The molecule has 0 saturated heterocycles. The molecular weight excluding hydrogens is 515 g/mol. The van der Waals surface area contributed by atoms with Crippen molar-refractivity contribution in [1.82, 2.24) is 10.3 Å². The number of aliphatic carboxylic acids is 1. The van der Waals surface area contributed by atoms with Gasteiger partial charge in [-0.15, -0.1) is 0 Å². The number of halogens is 1. The van der Waals surface area contributed by atoms with Gasteiger partial charge in [-0.25, -0.2) is 0 Å². The number of aromatic nitrogens is 2. The molecule has 1 aliphatic rings. The van der Waals surface area contributed by atoms with Crippen LogP contribution >= 0.6 is 11.6 Å². The molecule has 0 spiro atoms. The summed E-state index contributed by atoms with van der Waals surface area (Å²) in [5.41, 5.74) is 4.09. The van der Waals surface area contributed by atoms with Crippen LogP contribution in [0.5, 0.6) is 0 Å². The Hall–Kier alpha value is -1.93. The van der Waals surface area contributed by atoms with E-state index in [1.54, 1.807) is 0 Å². The Kier molecular flexibility index (Phi) is 10.4. The van der Waals surface area contributed by atoms with Gasteiger partial charge < -0.3 is 18.9 Å². The van der Waals surface area contributed by atoms with E-state index in [4.69, 9.17) is 20.6 Å². The third kappa shape index (κ3) is 8.28. The Morgan fingerprint density at radius 2 is 1.89 bits per heavy atom. The molecule has 7 nitrogen and oxygen atoms in total. The van der Waals surface area contributed by atoms with Crippen molar-refractivity contribution in [2.45, 2.75) is 90.9 Å². The molecule has 2 heterocycles. The summed E-state index contributed by atoms with van der Waals surface area (Å²) < 4.78 is 11.4. The van der Waals surface area contributed by atoms with Crippen molar-refractivity contribution >= 4 is 23.4 Å². The molecule has 0 unspecified atom stereocenters. The van der Waals surface area contributed by atoms with Crippen LogP contribution in [0.3, 0.4) is 0 Å². The first-order chi connectivity index (χ1) is 17.5. The minimum Gasteiger partial charge on any atom is -0.550 e. The number of ketones is 1. The fraction of sp³-hybridized carbons (Fsp3) is 0.517. The van der Waals surface area contributed by atoms with E-state index in [9.17, 15) is 14.7 Å². The standard InChI is InChI=1S/C29H35ClN2O5.Na/c1-17-5-6-19(23(30)13-17)14-21(33)15-20(9-10-25(34)35)27-26(18-7-8-18)28(37-32-27)24-16-22(36-31-24)11-12-29(2,3)4;/h5-6,13,16,18,20H,7-12,14-15H2,1-4H3,(H,34,35);/q;+1/p-1/t20-;/m0./s1. The maximum Gasteiger partial charge on any atom is 1.00 e. The number of carboxylic acid groups (broad SMARTS) is 1. The van der Waals surface area contributed by atoms with E-state index >= 15 is 0 Å². The SMILES string of the molecule is Cc1ccc(CC(=O)C[C@H](CCC(=O)[O-])c2noc(-c3cc(CCC(C)(C)C)on3)c2C2CC2)c(Cl)c1.[Na+]. The molecule has 4 rings (SSSR count). The minimum atomic E-state index is -1.16. The topological polar surface area (TPSA) is 109 Å². The molecule has 0 radical (unpaired) electrons. The maximum atomic E-state index is 13.1. The van der Waals surface area contributed by atoms with Crippen LogP contribution < -0.4 is 34.7 Å². The van der Waals surface area contributed by atoms with Crippen LogP contribution in [-0.2, 0) is 22.4 Å². The van der Waals surface area contributed by atoms with E-state index in [0.717, 1.165) is 48.1 Å². The summed E-state index contributed by atoms with van der Waals surface area (Å²) >= 11 is 6.34. The number of rotatable bonds is 12. The first kappa shape index (κ1) is 30.6. The van der Waals surface area contributed by atoms with Crippen LogP contribution in [0.4, 0.5) is 0 Å². The number of carboxylic acids is 1. The van der Waals surface area contributed by atoms with Crippen LogP contribution in [0.2, 0.25) is 5.02 Å². The molecule has 3 aromatic rings. The van der Waals surface area contributed by atoms with Gasteiger partial charge in [0, 0.05) is 47.8 Å². The monoisotopic (exact) mass is 548 g/mol. The van der Waals surface area contributed by atoms with Crippen molar-refractivity contribution in [2.24, 2.45) is 5.41 Å². The normalized spacial score (nSPS) is 14.2. The third-order valence-corrected chi connectivity index (χ3v) is 7.16. The second-order valence-electron chi connectivity index (χ2n) is 11.4. The van der Waals surface area contributed by atoms with Crippen molar-refractivity contribution in [3.63, 3.8) is 0 Å². The molecule has 0 bridgehead atoms. The quantitative estimate of drug-likeness (QED) is 0.320. The second kappa shape index (κ2) is 12.9. The zero-order chi connectivity index (χ0) is 26.7. The number of carbonyl (C=O) groups excluding carboxylic acids is 2. The predicted octanol–water partition coefficient (Wildman–Crippen LogP) is 2.97. The fourth-order valence-electron chi connectivity index (χ4n) is 4.57. The van der Waals surface area contributed by atoms with Crippen molar-refractivity contribution in [3.05, 3.63) is 57.4 Å². The maximum absolute atomic E-state index is 13.1. The summed E-state index contributed by atoms with van der Waals surface area (Å²) in [5, 5.41) is 20.5. The van der Waals surface area contributed by atoms with Crippen LogP contribution in [0, 0.1) is 12.3 Å². The van der Waals surface area contributed by atoms with E-state index < -0.39 is 11.9 Å². The molecule has 1 fully saturated rings. The average molecular weight is 549 g/mol. The number of benzene rings is 1. The van der Waals surface area contributed by atoms with E-state index in [1.165, 1.54) is 0 Å². The van der Waals surface area contributed by atoms with Gasteiger partial charge in [-0.1, -0.05) is 54.8 Å². The van der Waals surface area contributed by atoms with Crippen LogP contribution in [-0.4, -0.2) is 22.1 Å². The summed E-state index contributed by atoms with van der Waals surface area (Å²) in [4.78, 5) is 24.4. The summed E-state index contributed by atoms with van der Waals surface area (Å²) in [7, 11) is 0. The molecule has 2 aromatic heterocycles. The van der Waals surface area contributed by atoms with E-state index in [-0.39, 0.29) is 72.4 Å². The first-order valence-corrected chi connectivity index (χ1v) is 13.3. The summed E-state index contributed by atoms with van der Waals surface area (Å²) in [6.45, 7) is 8.48. The predicted molar refractivity (Wildman–Crippen MR) is 138 cm³/mol. The molecule has 198 valence electrons. The summed E-state index contributed by atoms with van der Waals surface area (Å²) in [5.74, 6) is -0.0194. The van der Waals surface area contributed by atoms with Crippen LogP contribution in [0.1, 0.15) is 99.3 Å². The van der Waals surface area contributed by atoms with E-state index in [1.807, 2.05) is 31.2 Å². The molecule has 0 amide bonds. The van der Waals surface area contributed by atoms with Gasteiger partial charge in [0.1, 0.15) is 11.5 Å². The third-order valence-electron chi connectivity index (χ3n) is 6.81. The van der Waals surface area contributed by atoms with Gasteiger partial charge in [-0.2, -0.15) is 0 Å². The van der Waals surface area contributed by atoms with E-state index in [0.29, 0.717) is 22.2 Å². The molecule has 1 atom stereocenters. The number of aryl methyl sites for hydroxylation is 2. The summed E-state index contributed by atoms with van der Waals surface area (Å²) in [6, 6.07) is 7.51. The molecule has 38 heavy (non-hydrogen) atoms. The van der Waals surface area contributed by atoms with Gasteiger partial charge in [-0.05, 0) is 67.6 Å². The number of Topliss-reactive ketones (excluding diaryl/α,β-unsaturated/α-hetero) is 1. The van der Waals surface area contributed by atoms with Gasteiger partial charge in [0.2, 0.25) is 0 Å². The Morgan fingerprint density at radius 3 is 2.53 bits per heavy atom.